The molecule has 29 heavy (non-hydrogen) atoms. The van der Waals surface area contributed by atoms with Crippen molar-refractivity contribution in [1.82, 2.24) is 9.29 Å². The van der Waals surface area contributed by atoms with Crippen molar-refractivity contribution in [2.45, 2.75) is 58.4 Å². The SMILES string of the molecule is C[C@H](CC(=O)N1[C@H]2CC3CC[C@@]2(CS1(=O)=O)C3(C)C)c1ccc2cccnc2c1. The van der Waals surface area contributed by atoms with Crippen molar-refractivity contribution in [2.75, 3.05) is 5.75 Å². The molecule has 2 aliphatic carbocycles. The van der Waals surface area contributed by atoms with Crippen molar-refractivity contribution >= 4 is 26.8 Å². The quantitative estimate of drug-likeness (QED) is 0.761. The van der Waals surface area contributed by atoms with E-state index >= 15 is 0 Å². The Hall–Kier alpha value is -1.95. The van der Waals surface area contributed by atoms with Gasteiger partial charge < -0.3 is 0 Å². The number of carbonyl (C=O) groups is 1. The van der Waals surface area contributed by atoms with Crippen LogP contribution in [0.4, 0.5) is 0 Å². The number of amides is 1. The summed E-state index contributed by atoms with van der Waals surface area (Å²) in [5.41, 5.74) is 1.63. The molecule has 1 saturated heterocycles. The van der Waals surface area contributed by atoms with Gasteiger partial charge in [-0.25, -0.2) is 12.7 Å². The molecule has 3 fully saturated rings. The van der Waals surface area contributed by atoms with Crippen LogP contribution in [0.1, 0.15) is 57.9 Å². The summed E-state index contributed by atoms with van der Waals surface area (Å²) >= 11 is 0. The standard InChI is InChI=1S/C23H28N2O3S/c1-15(17-7-6-16-5-4-10-24-19(16)12-17)11-21(26)25-20-13-18-8-9-23(20,22(18,2)3)14-29(25,27)28/h4-7,10,12,15,18,20H,8-9,11,13-14H2,1-3H3/t15-,18?,20+,23+/m1/s1. The summed E-state index contributed by atoms with van der Waals surface area (Å²) in [6.45, 7) is 6.41. The van der Waals surface area contributed by atoms with Crippen LogP contribution >= 0.6 is 0 Å². The fraction of sp³-hybridized carbons (Fsp3) is 0.565. The number of pyridine rings is 1. The van der Waals surface area contributed by atoms with Crippen molar-refractivity contribution in [2.24, 2.45) is 16.7 Å². The number of rotatable bonds is 3. The largest absolute Gasteiger partial charge is 0.274 e. The molecule has 5 nitrogen and oxygen atoms in total. The maximum absolute atomic E-state index is 13.3. The second kappa shape index (κ2) is 6.03. The van der Waals surface area contributed by atoms with Gasteiger partial charge in [-0.1, -0.05) is 39.0 Å². The van der Waals surface area contributed by atoms with Crippen LogP contribution < -0.4 is 0 Å². The lowest BCUT2D eigenvalue weighted by Gasteiger charge is -2.37. The second-order valence-electron chi connectivity index (χ2n) is 9.87. The Balaban J connectivity index is 1.41. The zero-order valence-electron chi connectivity index (χ0n) is 17.3. The van der Waals surface area contributed by atoms with E-state index in [-0.39, 0.29) is 40.9 Å². The smallest absolute Gasteiger partial charge is 0.238 e. The summed E-state index contributed by atoms with van der Waals surface area (Å²) in [6, 6.07) is 9.79. The van der Waals surface area contributed by atoms with E-state index in [0.717, 1.165) is 35.7 Å². The molecule has 2 saturated carbocycles. The predicted octanol–water partition coefficient (Wildman–Crippen LogP) is 4.10. The van der Waals surface area contributed by atoms with Gasteiger partial charge in [0.1, 0.15) is 0 Å². The van der Waals surface area contributed by atoms with Gasteiger partial charge in [-0.05, 0) is 54.2 Å². The van der Waals surface area contributed by atoms with Crippen LogP contribution in [-0.2, 0) is 14.8 Å². The minimum Gasteiger partial charge on any atom is -0.274 e. The molecular formula is C23H28N2O3S. The van der Waals surface area contributed by atoms with Crippen molar-refractivity contribution in [3.05, 3.63) is 42.1 Å². The average molecular weight is 413 g/mol. The van der Waals surface area contributed by atoms with E-state index in [0.29, 0.717) is 5.92 Å². The van der Waals surface area contributed by atoms with Gasteiger partial charge in [0.15, 0.2) is 0 Å². The predicted molar refractivity (Wildman–Crippen MR) is 113 cm³/mol. The fourth-order valence-electron chi connectivity index (χ4n) is 6.48. The lowest BCUT2D eigenvalue weighted by molar-refractivity contribution is -0.129. The van der Waals surface area contributed by atoms with Crippen LogP contribution in [0.2, 0.25) is 0 Å². The molecule has 1 spiro atoms. The number of nitrogens with zero attached hydrogens (tertiary/aromatic N) is 2. The van der Waals surface area contributed by atoms with Gasteiger partial charge in [-0.15, -0.1) is 0 Å². The zero-order valence-corrected chi connectivity index (χ0v) is 18.1. The van der Waals surface area contributed by atoms with E-state index in [1.54, 1.807) is 6.20 Å². The van der Waals surface area contributed by atoms with E-state index < -0.39 is 10.0 Å². The van der Waals surface area contributed by atoms with Crippen molar-refractivity contribution in [3.63, 3.8) is 0 Å². The summed E-state index contributed by atoms with van der Waals surface area (Å²) in [5, 5.41) is 1.06. The highest BCUT2D eigenvalue weighted by molar-refractivity contribution is 7.90. The van der Waals surface area contributed by atoms with E-state index in [2.05, 4.69) is 18.8 Å². The minimum absolute atomic E-state index is 0.0185. The van der Waals surface area contributed by atoms with Crippen LogP contribution in [-0.4, -0.2) is 35.4 Å². The first-order valence-electron chi connectivity index (χ1n) is 10.6. The maximum Gasteiger partial charge on any atom is 0.238 e. The molecule has 5 rings (SSSR count). The number of benzene rings is 1. The normalized spacial score (nSPS) is 32.4. The van der Waals surface area contributed by atoms with Crippen LogP contribution in [0.25, 0.3) is 10.9 Å². The Morgan fingerprint density at radius 3 is 2.86 bits per heavy atom. The highest BCUT2D eigenvalue weighted by Crippen LogP contribution is 2.70. The topological polar surface area (TPSA) is 67.3 Å². The molecule has 1 aromatic carbocycles. The van der Waals surface area contributed by atoms with Crippen LogP contribution in [0.15, 0.2) is 36.5 Å². The molecule has 0 radical (unpaired) electrons. The van der Waals surface area contributed by atoms with Crippen molar-refractivity contribution in [3.8, 4) is 0 Å². The number of carbonyl (C=O) groups excluding carboxylic acids is 1. The molecule has 1 aromatic heterocycles. The van der Waals surface area contributed by atoms with Gasteiger partial charge in [0.2, 0.25) is 15.9 Å². The molecule has 1 unspecified atom stereocenters. The first kappa shape index (κ1) is 19.0. The summed E-state index contributed by atoms with van der Waals surface area (Å²) < 4.78 is 27.4. The first-order chi connectivity index (χ1) is 13.7. The van der Waals surface area contributed by atoms with Gasteiger partial charge in [0.25, 0.3) is 0 Å². The van der Waals surface area contributed by atoms with Gasteiger partial charge in [-0.3, -0.25) is 9.78 Å². The molecule has 1 aliphatic heterocycles. The van der Waals surface area contributed by atoms with Crippen LogP contribution in [0, 0.1) is 16.7 Å². The Morgan fingerprint density at radius 2 is 2.10 bits per heavy atom. The summed E-state index contributed by atoms with van der Waals surface area (Å²) in [5.74, 6) is 0.340. The molecule has 4 atom stereocenters. The maximum atomic E-state index is 13.3. The molecule has 154 valence electrons. The third-order valence-electron chi connectivity index (χ3n) is 8.34. The number of hydrogen-bond donors (Lipinski definition) is 0. The van der Waals surface area contributed by atoms with Gasteiger partial charge >= 0.3 is 0 Å². The summed E-state index contributed by atoms with van der Waals surface area (Å²) in [7, 11) is -3.55. The Bertz CT molecular complexity index is 1110. The van der Waals surface area contributed by atoms with Crippen molar-refractivity contribution in [1.29, 1.82) is 0 Å². The first-order valence-corrected chi connectivity index (χ1v) is 12.2. The average Bonchev–Trinajstić information content (AvgIpc) is 3.15. The van der Waals surface area contributed by atoms with E-state index in [4.69, 9.17) is 0 Å². The van der Waals surface area contributed by atoms with Crippen molar-refractivity contribution < 1.29 is 13.2 Å². The minimum atomic E-state index is -3.55. The van der Waals surface area contributed by atoms with Gasteiger partial charge in [-0.2, -0.15) is 0 Å². The molecule has 6 heteroatoms. The van der Waals surface area contributed by atoms with E-state index in [1.165, 1.54) is 4.31 Å². The van der Waals surface area contributed by atoms with E-state index in [1.807, 2.05) is 37.3 Å². The highest BCUT2D eigenvalue weighted by atomic mass is 32.2. The third-order valence-corrected chi connectivity index (χ3v) is 10.3. The second-order valence-corrected chi connectivity index (χ2v) is 11.7. The van der Waals surface area contributed by atoms with Gasteiger partial charge in [0.05, 0.1) is 17.3 Å². The Labute approximate surface area is 172 Å². The number of aromatic nitrogens is 1. The third kappa shape index (κ3) is 2.54. The molecule has 1 amide bonds. The molecule has 2 aromatic rings. The zero-order chi connectivity index (χ0) is 20.6. The monoisotopic (exact) mass is 412 g/mol. The van der Waals surface area contributed by atoms with Crippen LogP contribution in [0.5, 0.6) is 0 Å². The highest BCUT2D eigenvalue weighted by Gasteiger charge is 2.72. The lowest BCUT2D eigenvalue weighted by atomic mass is 9.69. The molecular weight excluding hydrogens is 384 g/mol. The Morgan fingerprint density at radius 1 is 1.31 bits per heavy atom. The van der Waals surface area contributed by atoms with E-state index in [9.17, 15) is 13.2 Å². The number of hydrogen-bond acceptors (Lipinski definition) is 4. The molecule has 0 N–H and O–H groups in total. The fourth-order valence-corrected chi connectivity index (χ4v) is 9.04. The Kier molecular flexibility index (Phi) is 3.96. The molecule has 2 heterocycles. The molecule has 3 aliphatic rings. The lowest BCUT2D eigenvalue weighted by Crippen LogP contribution is -2.44. The van der Waals surface area contributed by atoms with Gasteiger partial charge in [0, 0.05) is 23.4 Å². The summed E-state index contributed by atoms with van der Waals surface area (Å²) in [4.78, 5) is 17.7. The summed E-state index contributed by atoms with van der Waals surface area (Å²) in [6.07, 6.45) is 4.79. The number of fused-ring (bicyclic) bond motifs is 2. The van der Waals surface area contributed by atoms with Crippen LogP contribution in [0.3, 0.4) is 0 Å². The molecule has 2 bridgehead atoms. The number of sulfonamides is 1.